The lowest BCUT2D eigenvalue weighted by Gasteiger charge is -1.98. The van der Waals surface area contributed by atoms with Gasteiger partial charge in [-0.2, -0.15) is 0 Å². The van der Waals surface area contributed by atoms with Crippen LogP contribution in [0.1, 0.15) is 19.4 Å². The Morgan fingerprint density at radius 3 is 2.23 bits per heavy atom. The molecule has 0 spiro atoms. The summed E-state index contributed by atoms with van der Waals surface area (Å²) in [6, 6.07) is 9.92. The highest BCUT2D eigenvalue weighted by molar-refractivity contribution is 5.64. The van der Waals surface area contributed by atoms with Crippen LogP contribution in [-0.2, 0) is 0 Å². The molecule has 0 aliphatic rings. The molecule has 0 bridgehead atoms. The molecule has 0 aliphatic heterocycles. The predicted molar refractivity (Wildman–Crippen MR) is 55.0 cm³/mol. The topological polar surface area (TPSA) is 0 Å². The van der Waals surface area contributed by atoms with Gasteiger partial charge in [-0.05, 0) is 31.1 Å². The van der Waals surface area contributed by atoms with Gasteiger partial charge < -0.3 is 0 Å². The molecule has 0 atom stereocenters. The zero-order valence-electron chi connectivity index (χ0n) is 7.92. The van der Waals surface area contributed by atoms with Crippen LogP contribution in [0.3, 0.4) is 0 Å². The highest BCUT2D eigenvalue weighted by atomic mass is 19.1. The molecule has 0 saturated carbocycles. The fraction of sp³-hybridized carbons (Fsp3) is 0.167. The molecular formula is C12H13F. The molecule has 1 aromatic carbocycles. The summed E-state index contributed by atoms with van der Waals surface area (Å²) < 4.78 is 12.4. The van der Waals surface area contributed by atoms with Crippen LogP contribution < -0.4 is 0 Å². The molecule has 0 fully saturated rings. The summed E-state index contributed by atoms with van der Waals surface area (Å²) in [6.45, 7) is 3.41. The number of hydrogen-bond acceptors (Lipinski definition) is 0. The van der Waals surface area contributed by atoms with Gasteiger partial charge in [0.2, 0.25) is 0 Å². The SMILES string of the molecule is C/C(=C/C=C(\C)F)c1ccccc1. The van der Waals surface area contributed by atoms with Crippen LogP contribution in [0, 0.1) is 0 Å². The minimum atomic E-state index is -0.171. The number of hydrogen-bond donors (Lipinski definition) is 0. The summed E-state index contributed by atoms with van der Waals surface area (Å²) in [6.07, 6.45) is 3.26. The zero-order chi connectivity index (χ0) is 9.68. The highest BCUT2D eigenvalue weighted by Crippen LogP contribution is 2.13. The molecule has 0 saturated heterocycles. The van der Waals surface area contributed by atoms with Crippen LogP contribution in [0.4, 0.5) is 4.39 Å². The van der Waals surface area contributed by atoms with E-state index in [2.05, 4.69) is 0 Å². The third kappa shape index (κ3) is 3.24. The first-order chi connectivity index (χ1) is 6.20. The third-order valence-electron chi connectivity index (χ3n) is 1.79. The van der Waals surface area contributed by atoms with Gasteiger partial charge in [0.15, 0.2) is 0 Å². The second-order valence-corrected chi connectivity index (χ2v) is 2.97. The molecule has 0 heterocycles. The van der Waals surface area contributed by atoms with Gasteiger partial charge in [-0.3, -0.25) is 0 Å². The van der Waals surface area contributed by atoms with Gasteiger partial charge in [0, 0.05) is 0 Å². The fourth-order valence-electron chi connectivity index (χ4n) is 1.04. The standard InChI is InChI=1S/C12H13F/c1-10(8-9-11(2)13)12-6-4-3-5-7-12/h3-9H,1-2H3/b10-8-,11-9+. The van der Waals surface area contributed by atoms with Crippen molar-refractivity contribution in [3.63, 3.8) is 0 Å². The lowest BCUT2D eigenvalue weighted by atomic mass is 10.1. The zero-order valence-corrected chi connectivity index (χ0v) is 7.92. The second kappa shape index (κ2) is 4.61. The number of allylic oxidation sites excluding steroid dienone is 4. The van der Waals surface area contributed by atoms with Gasteiger partial charge in [0.05, 0.1) is 5.83 Å². The fourth-order valence-corrected chi connectivity index (χ4v) is 1.04. The van der Waals surface area contributed by atoms with Crippen LogP contribution in [0.25, 0.3) is 5.57 Å². The van der Waals surface area contributed by atoms with Crippen molar-refractivity contribution in [1.29, 1.82) is 0 Å². The van der Waals surface area contributed by atoms with E-state index in [0.29, 0.717) is 0 Å². The molecule has 0 unspecified atom stereocenters. The summed E-state index contributed by atoms with van der Waals surface area (Å²) >= 11 is 0. The Kier molecular flexibility index (Phi) is 3.44. The minimum Gasteiger partial charge on any atom is -0.212 e. The van der Waals surface area contributed by atoms with Crippen molar-refractivity contribution in [3.05, 3.63) is 53.9 Å². The maximum Gasteiger partial charge on any atom is 0.0968 e. The average Bonchev–Trinajstić information content (AvgIpc) is 2.15. The molecule has 1 heteroatoms. The number of benzene rings is 1. The van der Waals surface area contributed by atoms with Crippen molar-refractivity contribution in [2.75, 3.05) is 0 Å². The quantitative estimate of drug-likeness (QED) is 0.598. The van der Waals surface area contributed by atoms with E-state index in [1.165, 1.54) is 13.0 Å². The second-order valence-electron chi connectivity index (χ2n) is 2.97. The van der Waals surface area contributed by atoms with Crippen molar-refractivity contribution in [1.82, 2.24) is 0 Å². The van der Waals surface area contributed by atoms with Gasteiger partial charge >= 0.3 is 0 Å². The molecule has 0 amide bonds. The maximum absolute atomic E-state index is 12.4. The van der Waals surface area contributed by atoms with E-state index in [-0.39, 0.29) is 5.83 Å². The van der Waals surface area contributed by atoms with Crippen molar-refractivity contribution in [2.45, 2.75) is 13.8 Å². The normalized spacial score (nSPS) is 13.2. The van der Waals surface area contributed by atoms with Crippen LogP contribution in [0.5, 0.6) is 0 Å². The van der Waals surface area contributed by atoms with Crippen molar-refractivity contribution in [2.24, 2.45) is 0 Å². The molecule has 0 nitrogen and oxygen atoms in total. The largest absolute Gasteiger partial charge is 0.212 e. The van der Waals surface area contributed by atoms with E-state index < -0.39 is 0 Å². The Balaban J connectivity index is 2.86. The van der Waals surface area contributed by atoms with Gasteiger partial charge in [-0.1, -0.05) is 36.4 Å². The minimum absolute atomic E-state index is 0.171. The van der Waals surface area contributed by atoms with E-state index in [1.54, 1.807) is 6.08 Å². The smallest absolute Gasteiger partial charge is 0.0968 e. The highest BCUT2D eigenvalue weighted by Gasteiger charge is 1.91. The van der Waals surface area contributed by atoms with E-state index in [1.807, 2.05) is 37.3 Å². The monoisotopic (exact) mass is 176 g/mol. The average molecular weight is 176 g/mol. The van der Waals surface area contributed by atoms with Crippen molar-refractivity contribution in [3.8, 4) is 0 Å². The van der Waals surface area contributed by atoms with E-state index >= 15 is 0 Å². The summed E-state index contributed by atoms with van der Waals surface area (Å²) in [5, 5.41) is 0. The first-order valence-corrected chi connectivity index (χ1v) is 4.26. The Hall–Kier alpha value is -1.37. The molecule has 1 rings (SSSR count). The molecule has 0 aliphatic carbocycles. The molecule has 0 radical (unpaired) electrons. The number of halogens is 1. The summed E-state index contributed by atoms with van der Waals surface area (Å²) in [7, 11) is 0. The maximum atomic E-state index is 12.4. The van der Waals surface area contributed by atoms with Gasteiger partial charge in [0.25, 0.3) is 0 Å². The first-order valence-electron chi connectivity index (χ1n) is 4.26. The van der Waals surface area contributed by atoms with E-state index in [0.717, 1.165) is 11.1 Å². The van der Waals surface area contributed by atoms with Gasteiger partial charge in [-0.25, -0.2) is 4.39 Å². The van der Waals surface area contributed by atoms with Crippen molar-refractivity contribution < 1.29 is 4.39 Å². The third-order valence-corrected chi connectivity index (χ3v) is 1.79. The lowest BCUT2D eigenvalue weighted by molar-refractivity contribution is 0.641. The molecular weight excluding hydrogens is 163 g/mol. The summed E-state index contributed by atoms with van der Waals surface area (Å²) in [5.41, 5.74) is 2.19. The molecule has 68 valence electrons. The first kappa shape index (κ1) is 9.72. The van der Waals surface area contributed by atoms with Crippen molar-refractivity contribution >= 4 is 5.57 Å². The molecule has 0 N–H and O–H groups in total. The van der Waals surface area contributed by atoms with Crippen LogP contribution >= 0.6 is 0 Å². The van der Waals surface area contributed by atoms with Crippen LogP contribution in [-0.4, -0.2) is 0 Å². The Labute approximate surface area is 78.4 Å². The van der Waals surface area contributed by atoms with E-state index in [4.69, 9.17) is 0 Å². The van der Waals surface area contributed by atoms with Gasteiger partial charge in [-0.15, -0.1) is 0 Å². The van der Waals surface area contributed by atoms with E-state index in [9.17, 15) is 4.39 Å². The van der Waals surface area contributed by atoms with Crippen LogP contribution in [0.15, 0.2) is 48.3 Å². The Morgan fingerprint density at radius 1 is 1.08 bits per heavy atom. The Bertz CT molecular complexity index is 316. The predicted octanol–water partition coefficient (Wildman–Crippen LogP) is 3.96. The summed E-state index contributed by atoms with van der Waals surface area (Å²) in [4.78, 5) is 0. The lowest BCUT2D eigenvalue weighted by Crippen LogP contribution is -1.76. The van der Waals surface area contributed by atoms with Gasteiger partial charge in [0.1, 0.15) is 0 Å². The Morgan fingerprint density at radius 2 is 1.69 bits per heavy atom. The number of rotatable bonds is 2. The molecule has 1 aromatic rings. The summed E-state index contributed by atoms with van der Waals surface area (Å²) in [5.74, 6) is -0.171. The molecule has 0 aromatic heterocycles. The molecule has 13 heavy (non-hydrogen) atoms. The van der Waals surface area contributed by atoms with Crippen LogP contribution in [0.2, 0.25) is 0 Å².